The summed E-state index contributed by atoms with van der Waals surface area (Å²) in [5.74, 6) is 0.213. The lowest BCUT2D eigenvalue weighted by molar-refractivity contribution is -0.116. The molecular formula is C21H21FN6O. The lowest BCUT2D eigenvalue weighted by atomic mass is 10.1. The number of halogens is 1. The highest BCUT2D eigenvalue weighted by Gasteiger charge is 2.17. The van der Waals surface area contributed by atoms with E-state index >= 15 is 0 Å². The number of anilines is 1. The minimum atomic E-state index is -0.317. The molecule has 2 heterocycles. The molecule has 0 fully saturated rings. The van der Waals surface area contributed by atoms with E-state index < -0.39 is 0 Å². The topological polar surface area (TPSA) is 77.6 Å². The Kier molecular flexibility index (Phi) is 4.84. The van der Waals surface area contributed by atoms with Crippen molar-refractivity contribution in [2.45, 2.75) is 33.4 Å². The zero-order valence-electron chi connectivity index (χ0n) is 16.4. The number of nitrogens with one attached hydrogen (secondary N) is 1. The minimum Gasteiger partial charge on any atom is -0.324 e. The van der Waals surface area contributed by atoms with Crippen LogP contribution in [0.1, 0.15) is 25.5 Å². The molecule has 0 saturated carbocycles. The molecule has 1 N–H and O–H groups in total. The van der Waals surface area contributed by atoms with Crippen molar-refractivity contribution < 1.29 is 9.18 Å². The summed E-state index contributed by atoms with van der Waals surface area (Å²) in [6, 6.07) is 10.5. The Labute approximate surface area is 167 Å². The number of aryl methyl sites for hydroxylation is 1. The van der Waals surface area contributed by atoms with Gasteiger partial charge in [0.05, 0.1) is 11.0 Å². The number of carbonyl (C=O) groups excluding carboxylic acids is 1. The van der Waals surface area contributed by atoms with Gasteiger partial charge < -0.3 is 9.88 Å². The number of amides is 1. The Morgan fingerprint density at radius 1 is 1.21 bits per heavy atom. The number of imidazole rings is 1. The van der Waals surface area contributed by atoms with Gasteiger partial charge in [-0.3, -0.25) is 4.79 Å². The molecule has 2 aromatic carbocycles. The van der Waals surface area contributed by atoms with Crippen LogP contribution in [0.3, 0.4) is 0 Å². The highest BCUT2D eigenvalue weighted by atomic mass is 19.1. The predicted octanol–water partition coefficient (Wildman–Crippen LogP) is 3.96. The first-order chi connectivity index (χ1) is 13.9. The maximum absolute atomic E-state index is 13.7. The number of aromatic nitrogens is 5. The molecule has 0 bridgehead atoms. The first kappa shape index (κ1) is 18.8. The summed E-state index contributed by atoms with van der Waals surface area (Å²) >= 11 is 0. The van der Waals surface area contributed by atoms with Crippen molar-refractivity contribution in [3.63, 3.8) is 0 Å². The molecule has 0 saturated heterocycles. The van der Waals surface area contributed by atoms with Gasteiger partial charge in [-0.15, -0.1) is 0 Å². The van der Waals surface area contributed by atoms with Crippen LogP contribution in [0.5, 0.6) is 0 Å². The highest BCUT2D eigenvalue weighted by Crippen LogP contribution is 2.31. The molecule has 0 aliphatic heterocycles. The van der Waals surface area contributed by atoms with Crippen LogP contribution in [0.15, 0.2) is 49.1 Å². The lowest BCUT2D eigenvalue weighted by Crippen LogP contribution is -2.19. The van der Waals surface area contributed by atoms with Gasteiger partial charge in [0.2, 0.25) is 5.91 Å². The SMILES string of the molecule is Cc1ccc(-c2nc3cc(F)ccc3n2C(C)C)cc1NC(=O)Cn1cncn1. The van der Waals surface area contributed by atoms with E-state index in [2.05, 4.69) is 38.8 Å². The van der Waals surface area contributed by atoms with Gasteiger partial charge in [-0.05, 0) is 44.5 Å². The molecule has 0 aliphatic carbocycles. The van der Waals surface area contributed by atoms with Crippen LogP contribution in [0, 0.1) is 12.7 Å². The van der Waals surface area contributed by atoms with Crippen molar-refractivity contribution in [3.8, 4) is 11.4 Å². The zero-order valence-corrected chi connectivity index (χ0v) is 16.4. The number of nitrogens with zero attached hydrogens (tertiary/aromatic N) is 5. The number of benzene rings is 2. The van der Waals surface area contributed by atoms with Gasteiger partial charge in [0.1, 0.15) is 30.8 Å². The average molecular weight is 392 g/mol. The molecule has 0 aliphatic rings. The van der Waals surface area contributed by atoms with E-state index in [1.165, 1.54) is 29.5 Å². The lowest BCUT2D eigenvalue weighted by Gasteiger charge is -2.15. The van der Waals surface area contributed by atoms with Gasteiger partial charge in [-0.2, -0.15) is 5.10 Å². The van der Waals surface area contributed by atoms with Crippen molar-refractivity contribution in [1.82, 2.24) is 24.3 Å². The number of carbonyl (C=O) groups is 1. The smallest absolute Gasteiger partial charge is 0.246 e. The number of rotatable bonds is 5. The van der Waals surface area contributed by atoms with E-state index in [-0.39, 0.29) is 24.3 Å². The second kappa shape index (κ2) is 7.46. The Morgan fingerprint density at radius 3 is 2.76 bits per heavy atom. The third kappa shape index (κ3) is 3.73. The fraction of sp³-hybridized carbons (Fsp3) is 0.238. The summed E-state index contributed by atoms with van der Waals surface area (Å²) in [5.41, 5.74) is 3.94. The fourth-order valence-corrected chi connectivity index (χ4v) is 3.35. The molecule has 29 heavy (non-hydrogen) atoms. The van der Waals surface area contributed by atoms with Crippen molar-refractivity contribution >= 4 is 22.6 Å². The molecule has 0 radical (unpaired) electrons. The van der Waals surface area contributed by atoms with Gasteiger partial charge >= 0.3 is 0 Å². The van der Waals surface area contributed by atoms with Crippen LogP contribution in [-0.2, 0) is 11.3 Å². The Balaban J connectivity index is 1.72. The van der Waals surface area contributed by atoms with Crippen LogP contribution in [0.2, 0.25) is 0 Å². The van der Waals surface area contributed by atoms with Gasteiger partial charge in [0.25, 0.3) is 0 Å². The minimum absolute atomic E-state index is 0.0768. The molecule has 8 heteroatoms. The third-order valence-electron chi connectivity index (χ3n) is 4.71. The maximum Gasteiger partial charge on any atom is 0.246 e. The number of hydrogen-bond donors (Lipinski definition) is 1. The molecule has 0 atom stereocenters. The largest absolute Gasteiger partial charge is 0.324 e. The quantitative estimate of drug-likeness (QED) is 0.558. The zero-order chi connectivity index (χ0) is 20.5. The number of fused-ring (bicyclic) bond motifs is 1. The second-order valence-corrected chi connectivity index (χ2v) is 7.20. The summed E-state index contributed by atoms with van der Waals surface area (Å²) in [6.45, 7) is 6.12. The van der Waals surface area contributed by atoms with Crippen LogP contribution >= 0.6 is 0 Å². The normalized spacial score (nSPS) is 11.3. The molecule has 4 aromatic rings. The first-order valence-electron chi connectivity index (χ1n) is 9.33. The van der Waals surface area contributed by atoms with Crippen LogP contribution < -0.4 is 5.32 Å². The number of hydrogen-bond acceptors (Lipinski definition) is 4. The second-order valence-electron chi connectivity index (χ2n) is 7.20. The Bertz CT molecular complexity index is 1180. The van der Waals surface area contributed by atoms with Crippen LogP contribution in [-0.4, -0.2) is 30.2 Å². The van der Waals surface area contributed by atoms with E-state index in [0.717, 1.165) is 22.5 Å². The van der Waals surface area contributed by atoms with E-state index in [1.807, 2.05) is 25.1 Å². The fourth-order valence-electron chi connectivity index (χ4n) is 3.35. The third-order valence-corrected chi connectivity index (χ3v) is 4.71. The van der Waals surface area contributed by atoms with Crippen molar-refractivity contribution in [1.29, 1.82) is 0 Å². The molecule has 4 rings (SSSR count). The molecule has 7 nitrogen and oxygen atoms in total. The predicted molar refractivity (Wildman–Crippen MR) is 109 cm³/mol. The highest BCUT2D eigenvalue weighted by molar-refractivity contribution is 5.92. The van der Waals surface area contributed by atoms with Gasteiger partial charge in [-0.25, -0.2) is 19.0 Å². The van der Waals surface area contributed by atoms with E-state index in [9.17, 15) is 9.18 Å². The molecule has 0 unspecified atom stereocenters. The van der Waals surface area contributed by atoms with Crippen molar-refractivity contribution in [2.24, 2.45) is 0 Å². The average Bonchev–Trinajstić information content (AvgIpc) is 3.30. The first-order valence-corrected chi connectivity index (χ1v) is 9.33. The molecular weight excluding hydrogens is 371 g/mol. The summed E-state index contributed by atoms with van der Waals surface area (Å²) < 4.78 is 17.2. The molecule has 148 valence electrons. The van der Waals surface area contributed by atoms with E-state index in [0.29, 0.717) is 11.2 Å². The van der Waals surface area contributed by atoms with E-state index in [4.69, 9.17) is 0 Å². The summed E-state index contributed by atoms with van der Waals surface area (Å²) in [6.07, 6.45) is 2.88. The van der Waals surface area contributed by atoms with E-state index in [1.54, 1.807) is 6.07 Å². The summed E-state index contributed by atoms with van der Waals surface area (Å²) in [5, 5.41) is 6.87. The standard InChI is InChI=1S/C21H21FN6O/c1-13(2)28-19-7-6-16(22)9-18(19)26-21(28)15-5-4-14(3)17(8-15)25-20(29)10-27-12-23-11-24-27/h4-9,11-13H,10H2,1-3H3,(H,25,29). The van der Waals surface area contributed by atoms with Crippen LogP contribution in [0.4, 0.5) is 10.1 Å². The summed E-state index contributed by atoms with van der Waals surface area (Å²) in [4.78, 5) is 20.9. The molecule has 0 spiro atoms. The van der Waals surface area contributed by atoms with Crippen molar-refractivity contribution in [3.05, 3.63) is 60.4 Å². The van der Waals surface area contributed by atoms with Crippen molar-refractivity contribution in [2.75, 3.05) is 5.32 Å². The van der Waals surface area contributed by atoms with Gasteiger partial charge in [0.15, 0.2) is 0 Å². The monoisotopic (exact) mass is 392 g/mol. The summed E-state index contributed by atoms with van der Waals surface area (Å²) in [7, 11) is 0. The van der Waals surface area contributed by atoms with Gasteiger partial charge in [0, 0.05) is 23.4 Å². The maximum atomic E-state index is 13.7. The van der Waals surface area contributed by atoms with Gasteiger partial charge in [-0.1, -0.05) is 12.1 Å². The van der Waals surface area contributed by atoms with Crippen LogP contribution in [0.25, 0.3) is 22.4 Å². The molecule has 1 amide bonds. The Hall–Kier alpha value is -3.55. The Morgan fingerprint density at radius 2 is 2.03 bits per heavy atom. The molecule has 2 aromatic heterocycles.